The number of amides is 1. The minimum Gasteiger partial charge on any atom is -0.478 e. The molecule has 0 aliphatic carbocycles. The summed E-state index contributed by atoms with van der Waals surface area (Å²) in [5, 5.41) is 11.5. The summed E-state index contributed by atoms with van der Waals surface area (Å²) in [5.41, 5.74) is 0.717. The molecule has 92 valence electrons. The van der Waals surface area contributed by atoms with Gasteiger partial charge in [0.2, 0.25) is 5.91 Å². The largest absolute Gasteiger partial charge is 0.478 e. The van der Waals surface area contributed by atoms with Gasteiger partial charge in [-0.05, 0) is 18.6 Å². The highest BCUT2D eigenvalue weighted by Crippen LogP contribution is 2.03. The van der Waals surface area contributed by atoms with Crippen molar-refractivity contribution in [1.82, 2.24) is 10.3 Å². The van der Waals surface area contributed by atoms with Gasteiger partial charge in [-0.1, -0.05) is 13.8 Å². The van der Waals surface area contributed by atoms with Gasteiger partial charge in [-0.3, -0.25) is 9.78 Å². The van der Waals surface area contributed by atoms with Gasteiger partial charge in [0.1, 0.15) is 0 Å². The quantitative estimate of drug-likeness (QED) is 0.810. The second kappa shape index (κ2) is 5.98. The van der Waals surface area contributed by atoms with Crippen molar-refractivity contribution in [3.05, 3.63) is 29.6 Å². The Balaban J connectivity index is 2.60. The Labute approximate surface area is 99.9 Å². The van der Waals surface area contributed by atoms with Crippen LogP contribution in [0.3, 0.4) is 0 Å². The molecule has 0 aromatic carbocycles. The SMILES string of the molecule is CCC(C)C(=O)NCc1cc(C(=O)O)ccn1. The summed E-state index contributed by atoms with van der Waals surface area (Å²) in [7, 11) is 0. The van der Waals surface area contributed by atoms with E-state index in [1.807, 2.05) is 13.8 Å². The average molecular weight is 236 g/mol. The molecule has 1 aromatic rings. The Morgan fingerprint density at radius 3 is 2.82 bits per heavy atom. The van der Waals surface area contributed by atoms with E-state index in [1.54, 1.807) is 0 Å². The number of carbonyl (C=O) groups is 2. The Bertz CT molecular complexity index is 418. The first kappa shape index (κ1) is 13.2. The molecular formula is C12H16N2O3. The predicted octanol–water partition coefficient (Wildman–Crippen LogP) is 1.44. The molecule has 1 atom stereocenters. The summed E-state index contributed by atoms with van der Waals surface area (Å²) in [4.78, 5) is 26.2. The van der Waals surface area contributed by atoms with Crippen LogP contribution in [-0.4, -0.2) is 22.0 Å². The van der Waals surface area contributed by atoms with Crippen LogP contribution in [0.25, 0.3) is 0 Å². The van der Waals surface area contributed by atoms with Gasteiger partial charge < -0.3 is 10.4 Å². The molecule has 5 nitrogen and oxygen atoms in total. The molecule has 1 amide bonds. The number of aromatic nitrogens is 1. The van der Waals surface area contributed by atoms with E-state index in [9.17, 15) is 9.59 Å². The molecule has 0 spiro atoms. The number of carboxylic acid groups (broad SMARTS) is 1. The van der Waals surface area contributed by atoms with Crippen LogP contribution < -0.4 is 5.32 Å². The van der Waals surface area contributed by atoms with Gasteiger partial charge in [0, 0.05) is 12.1 Å². The van der Waals surface area contributed by atoms with E-state index in [0.717, 1.165) is 6.42 Å². The van der Waals surface area contributed by atoms with E-state index in [2.05, 4.69) is 10.3 Å². The first-order valence-electron chi connectivity index (χ1n) is 5.50. The number of carboxylic acids is 1. The van der Waals surface area contributed by atoms with Crippen molar-refractivity contribution in [2.24, 2.45) is 5.92 Å². The fourth-order valence-electron chi connectivity index (χ4n) is 1.25. The zero-order valence-electron chi connectivity index (χ0n) is 9.93. The van der Waals surface area contributed by atoms with E-state index in [-0.39, 0.29) is 23.9 Å². The zero-order chi connectivity index (χ0) is 12.8. The lowest BCUT2D eigenvalue weighted by atomic mass is 10.1. The first-order valence-corrected chi connectivity index (χ1v) is 5.50. The second-order valence-corrected chi connectivity index (χ2v) is 3.87. The monoisotopic (exact) mass is 236 g/mol. The van der Waals surface area contributed by atoms with Crippen LogP contribution in [0.4, 0.5) is 0 Å². The average Bonchev–Trinajstić information content (AvgIpc) is 2.35. The number of aromatic carboxylic acids is 1. The highest BCUT2D eigenvalue weighted by molar-refractivity contribution is 5.87. The molecule has 17 heavy (non-hydrogen) atoms. The summed E-state index contributed by atoms with van der Waals surface area (Å²) >= 11 is 0. The third kappa shape index (κ3) is 3.86. The van der Waals surface area contributed by atoms with E-state index in [1.165, 1.54) is 18.3 Å². The van der Waals surface area contributed by atoms with Crippen molar-refractivity contribution in [2.45, 2.75) is 26.8 Å². The van der Waals surface area contributed by atoms with E-state index < -0.39 is 5.97 Å². The molecule has 0 saturated heterocycles. The molecule has 1 unspecified atom stereocenters. The van der Waals surface area contributed by atoms with E-state index >= 15 is 0 Å². The van der Waals surface area contributed by atoms with Gasteiger partial charge in [-0.2, -0.15) is 0 Å². The predicted molar refractivity (Wildman–Crippen MR) is 62.5 cm³/mol. The van der Waals surface area contributed by atoms with Crippen molar-refractivity contribution in [2.75, 3.05) is 0 Å². The van der Waals surface area contributed by atoms with Gasteiger partial charge in [-0.25, -0.2) is 4.79 Å². The van der Waals surface area contributed by atoms with Crippen LogP contribution in [0.1, 0.15) is 36.3 Å². The topological polar surface area (TPSA) is 79.3 Å². The van der Waals surface area contributed by atoms with Crippen molar-refractivity contribution in [3.8, 4) is 0 Å². The Morgan fingerprint density at radius 2 is 2.24 bits per heavy atom. The number of hydrogen-bond acceptors (Lipinski definition) is 3. The van der Waals surface area contributed by atoms with Crippen molar-refractivity contribution in [1.29, 1.82) is 0 Å². The standard InChI is InChI=1S/C12H16N2O3/c1-3-8(2)11(15)14-7-10-6-9(12(16)17)4-5-13-10/h4-6,8H,3,7H2,1-2H3,(H,14,15)(H,16,17). The number of carbonyl (C=O) groups excluding carboxylic acids is 1. The third-order valence-electron chi connectivity index (χ3n) is 2.57. The molecule has 1 heterocycles. The van der Waals surface area contributed by atoms with Gasteiger partial charge in [0.25, 0.3) is 0 Å². The summed E-state index contributed by atoms with van der Waals surface area (Å²) in [5.74, 6) is -1.09. The lowest BCUT2D eigenvalue weighted by Gasteiger charge is -2.09. The van der Waals surface area contributed by atoms with Crippen LogP contribution in [0.15, 0.2) is 18.3 Å². The van der Waals surface area contributed by atoms with Crippen LogP contribution >= 0.6 is 0 Å². The second-order valence-electron chi connectivity index (χ2n) is 3.87. The van der Waals surface area contributed by atoms with Crippen LogP contribution in [0.5, 0.6) is 0 Å². The van der Waals surface area contributed by atoms with Crippen LogP contribution in [-0.2, 0) is 11.3 Å². The third-order valence-corrected chi connectivity index (χ3v) is 2.57. The maximum Gasteiger partial charge on any atom is 0.335 e. The van der Waals surface area contributed by atoms with Crippen molar-refractivity contribution < 1.29 is 14.7 Å². The van der Waals surface area contributed by atoms with Gasteiger partial charge in [0.15, 0.2) is 0 Å². The number of nitrogens with zero attached hydrogens (tertiary/aromatic N) is 1. The normalized spacial score (nSPS) is 11.9. The van der Waals surface area contributed by atoms with Crippen molar-refractivity contribution >= 4 is 11.9 Å². The maximum atomic E-state index is 11.5. The summed E-state index contributed by atoms with van der Waals surface area (Å²) in [6, 6.07) is 2.88. The van der Waals surface area contributed by atoms with Gasteiger partial charge >= 0.3 is 5.97 Å². The fraction of sp³-hybridized carbons (Fsp3) is 0.417. The van der Waals surface area contributed by atoms with Crippen LogP contribution in [0.2, 0.25) is 0 Å². The number of nitrogens with one attached hydrogen (secondary N) is 1. The van der Waals surface area contributed by atoms with Crippen molar-refractivity contribution in [3.63, 3.8) is 0 Å². The highest BCUT2D eigenvalue weighted by atomic mass is 16.4. The van der Waals surface area contributed by atoms with E-state index in [0.29, 0.717) is 5.69 Å². The Morgan fingerprint density at radius 1 is 1.53 bits per heavy atom. The van der Waals surface area contributed by atoms with Gasteiger partial charge in [0.05, 0.1) is 17.8 Å². The first-order chi connectivity index (χ1) is 8.04. The molecule has 1 aromatic heterocycles. The number of hydrogen-bond donors (Lipinski definition) is 2. The lowest BCUT2D eigenvalue weighted by Crippen LogP contribution is -2.28. The van der Waals surface area contributed by atoms with Crippen LogP contribution in [0, 0.1) is 5.92 Å². The van der Waals surface area contributed by atoms with Gasteiger partial charge in [-0.15, -0.1) is 0 Å². The smallest absolute Gasteiger partial charge is 0.335 e. The molecule has 0 fully saturated rings. The number of rotatable bonds is 5. The molecule has 2 N–H and O–H groups in total. The molecule has 0 aliphatic rings. The zero-order valence-corrected chi connectivity index (χ0v) is 9.93. The Hall–Kier alpha value is -1.91. The summed E-state index contributed by atoms with van der Waals surface area (Å²) < 4.78 is 0. The molecule has 0 saturated carbocycles. The van der Waals surface area contributed by atoms with E-state index in [4.69, 9.17) is 5.11 Å². The molecule has 0 bridgehead atoms. The fourth-order valence-corrected chi connectivity index (χ4v) is 1.25. The minimum absolute atomic E-state index is 0.0438. The molecule has 0 aliphatic heterocycles. The molecule has 0 radical (unpaired) electrons. The maximum absolute atomic E-state index is 11.5. The minimum atomic E-state index is -0.998. The molecule has 1 rings (SSSR count). The lowest BCUT2D eigenvalue weighted by molar-refractivity contribution is -0.124. The highest BCUT2D eigenvalue weighted by Gasteiger charge is 2.10. The summed E-state index contributed by atoms with van der Waals surface area (Å²) in [6.07, 6.45) is 2.20. The molecule has 5 heteroatoms. The number of pyridine rings is 1. The molecular weight excluding hydrogens is 220 g/mol. The Kier molecular flexibility index (Phi) is 4.63. The summed E-state index contributed by atoms with van der Waals surface area (Å²) in [6.45, 7) is 4.04.